The first-order valence-electron chi connectivity index (χ1n) is 12.3. The van der Waals surface area contributed by atoms with Gasteiger partial charge in [0.25, 0.3) is 0 Å². The molecule has 1 aromatic carbocycles. The van der Waals surface area contributed by atoms with Crippen LogP contribution in [0, 0.1) is 5.41 Å². The van der Waals surface area contributed by atoms with Gasteiger partial charge in [0.15, 0.2) is 0 Å². The zero-order valence-electron chi connectivity index (χ0n) is 21.8. The number of aromatic nitrogens is 2. The van der Waals surface area contributed by atoms with Gasteiger partial charge in [0.2, 0.25) is 0 Å². The normalized spacial score (nSPS) is 20.9. The molecule has 2 fully saturated rings. The van der Waals surface area contributed by atoms with Crippen molar-refractivity contribution in [2.75, 3.05) is 37.5 Å². The number of piperazine rings is 1. The summed E-state index contributed by atoms with van der Waals surface area (Å²) in [6.45, 7) is 15.3. The number of fused-ring (bicyclic) bond motifs is 3. The maximum absolute atomic E-state index is 12.8. The molecule has 2 atom stereocenters. The quantitative estimate of drug-likeness (QED) is 0.507. The Bertz CT molecular complexity index is 1010. The Hall–Kier alpha value is -1.93. The molecule has 2 saturated heterocycles. The number of hydrogen-bond donors (Lipinski definition) is 0. The fourth-order valence-corrected chi connectivity index (χ4v) is 5.89. The molecule has 0 spiro atoms. The van der Waals surface area contributed by atoms with Crippen molar-refractivity contribution in [3.05, 3.63) is 18.3 Å². The Morgan fingerprint density at radius 1 is 1.12 bits per heavy atom. The molecule has 2 aliphatic rings. The molecule has 1 amide bonds. The van der Waals surface area contributed by atoms with Crippen LogP contribution < -0.4 is 4.90 Å². The highest BCUT2D eigenvalue weighted by Crippen LogP contribution is 2.41. The van der Waals surface area contributed by atoms with E-state index >= 15 is 0 Å². The smallest absolute Gasteiger partial charge is 0.410 e. The molecule has 0 radical (unpaired) electrons. The van der Waals surface area contributed by atoms with Crippen LogP contribution >= 0.6 is 11.8 Å². The first kappa shape index (κ1) is 25.2. The minimum Gasteiger partial charge on any atom is -0.444 e. The molecule has 2 bridgehead atoms. The number of likely N-dealkylation sites (tertiary alicyclic amines) is 1. The van der Waals surface area contributed by atoms with Crippen molar-refractivity contribution in [2.24, 2.45) is 5.41 Å². The molecule has 2 aliphatic heterocycles. The maximum atomic E-state index is 12.8. The topological polar surface area (TPSA) is 59.8 Å². The first-order chi connectivity index (χ1) is 15.9. The van der Waals surface area contributed by atoms with Crippen molar-refractivity contribution in [1.29, 1.82) is 0 Å². The molecule has 2 unspecified atom stereocenters. The molecule has 0 N–H and O–H groups in total. The number of amides is 1. The zero-order valence-corrected chi connectivity index (χ0v) is 22.6. The summed E-state index contributed by atoms with van der Waals surface area (Å²) < 4.78 is 13.1. The largest absolute Gasteiger partial charge is 0.444 e. The maximum Gasteiger partial charge on any atom is 0.410 e. The minimum atomic E-state index is -0.480. The molecule has 7 nitrogen and oxygen atoms in total. The third kappa shape index (κ3) is 5.65. The summed E-state index contributed by atoms with van der Waals surface area (Å²) >= 11 is 1.91. The lowest BCUT2D eigenvalue weighted by atomic mass is 10.0. The third-order valence-electron chi connectivity index (χ3n) is 6.28. The number of nitrogens with zero attached hydrogens (tertiary/aromatic N) is 4. The number of thioether (sulfide) groups is 1. The van der Waals surface area contributed by atoms with E-state index in [0.29, 0.717) is 26.2 Å². The number of methoxy groups -OCH3 is 1. The van der Waals surface area contributed by atoms with E-state index in [1.807, 2.05) is 43.6 Å². The van der Waals surface area contributed by atoms with Crippen molar-refractivity contribution in [2.45, 2.75) is 83.5 Å². The number of hydrogen-bond acceptors (Lipinski definition) is 6. The summed E-state index contributed by atoms with van der Waals surface area (Å²) in [4.78, 5) is 18.6. The molecule has 3 heterocycles. The second kappa shape index (κ2) is 9.61. The van der Waals surface area contributed by atoms with Gasteiger partial charge in [-0.15, -0.1) is 11.8 Å². The lowest BCUT2D eigenvalue weighted by molar-refractivity contribution is 0.0209. The molecular weight excluding hydrogens is 448 g/mol. The lowest BCUT2D eigenvalue weighted by Gasteiger charge is -2.43. The number of carbonyl (C=O) groups is 1. The average Bonchev–Trinajstić information content (AvgIpc) is 3.25. The number of rotatable bonds is 6. The monoisotopic (exact) mass is 488 g/mol. The van der Waals surface area contributed by atoms with E-state index in [2.05, 4.69) is 42.5 Å². The fraction of sp³-hybridized carbons (Fsp3) is 0.692. The van der Waals surface area contributed by atoms with Crippen molar-refractivity contribution >= 4 is 34.4 Å². The number of carbonyl (C=O) groups excluding carboxylic acids is 1. The minimum absolute atomic E-state index is 0.200. The summed E-state index contributed by atoms with van der Waals surface area (Å²) in [6, 6.07) is 5.17. The summed E-state index contributed by atoms with van der Waals surface area (Å²) in [5.74, 6) is 1.05. The molecule has 8 heteroatoms. The van der Waals surface area contributed by atoms with E-state index < -0.39 is 5.60 Å². The molecule has 0 saturated carbocycles. The predicted octanol–water partition coefficient (Wildman–Crippen LogP) is 5.41. The molecule has 34 heavy (non-hydrogen) atoms. The molecular formula is C26H40N4O3S. The van der Waals surface area contributed by atoms with Crippen LogP contribution in [0.2, 0.25) is 0 Å². The van der Waals surface area contributed by atoms with Crippen LogP contribution in [0.4, 0.5) is 10.5 Å². The highest BCUT2D eigenvalue weighted by molar-refractivity contribution is 7.99. The van der Waals surface area contributed by atoms with Gasteiger partial charge in [0.1, 0.15) is 5.60 Å². The summed E-state index contributed by atoms with van der Waals surface area (Å²) in [5, 5.41) is 5.87. The predicted molar refractivity (Wildman–Crippen MR) is 139 cm³/mol. The summed E-state index contributed by atoms with van der Waals surface area (Å²) in [7, 11) is 1.73. The summed E-state index contributed by atoms with van der Waals surface area (Å²) in [5.41, 5.74) is 2.17. The first-order valence-corrected chi connectivity index (χ1v) is 13.3. The molecule has 188 valence electrons. The van der Waals surface area contributed by atoms with Crippen LogP contribution in [-0.4, -0.2) is 71.0 Å². The van der Waals surface area contributed by atoms with Crippen LogP contribution in [0.5, 0.6) is 0 Å². The van der Waals surface area contributed by atoms with Gasteiger partial charge in [-0.05, 0) is 51.2 Å². The van der Waals surface area contributed by atoms with Crippen molar-refractivity contribution < 1.29 is 14.3 Å². The second-order valence-electron chi connectivity index (χ2n) is 11.8. The second-order valence-corrected chi connectivity index (χ2v) is 12.8. The number of benzene rings is 1. The van der Waals surface area contributed by atoms with Crippen molar-refractivity contribution in [1.82, 2.24) is 14.7 Å². The van der Waals surface area contributed by atoms with Crippen LogP contribution in [0.3, 0.4) is 0 Å². The van der Waals surface area contributed by atoms with E-state index in [1.54, 1.807) is 7.11 Å². The third-order valence-corrected chi connectivity index (χ3v) is 7.86. The lowest BCUT2D eigenvalue weighted by Crippen LogP contribution is -2.56. The van der Waals surface area contributed by atoms with E-state index in [4.69, 9.17) is 14.6 Å². The van der Waals surface area contributed by atoms with Crippen LogP contribution in [0.1, 0.15) is 54.4 Å². The van der Waals surface area contributed by atoms with E-state index in [-0.39, 0.29) is 23.6 Å². The van der Waals surface area contributed by atoms with Gasteiger partial charge in [-0.3, -0.25) is 4.68 Å². The van der Waals surface area contributed by atoms with Crippen molar-refractivity contribution in [3.8, 4) is 0 Å². The van der Waals surface area contributed by atoms with Gasteiger partial charge < -0.3 is 19.3 Å². The van der Waals surface area contributed by atoms with Gasteiger partial charge in [-0.2, -0.15) is 5.10 Å². The summed E-state index contributed by atoms with van der Waals surface area (Å²) in [6.07, 6.45) is 3.94. The molecule has 0 aliphatic carbocycles. The van der Waals surface area contributed by atoms with Crippen LogP contribution in [-0.2, 0) is 16.0 Å². The molecule has 1 aromatic heterocycles. The van der Waals surface area contributed by atoms with Crippen LogP contribution in [0.15, 0.2) is 23.2 Å². The van der Waals surface area contributed by atoms with E-state index in [9.17, 15) is 4.79 Å². The zero-order chi connectivity index (χ0) is 24.7. The average molecular weight is 489 g/mol. The standard InChI is InChI=1S/C26H40N4O3S/c1-25(2,3)17-34-21-12-18-14-27-29(10-11-32-7)23(18)22(13-21)30-19-8-9-20(30)16-28(15-19)24(31)33-26(4,5)6/h12-14,19-20H,8-11,15-17H2,1-7H3. The SMILES string of the molecule is COCCn1ncc2cc(SCC(C)(C)C)cc(N3C4CCC3CN(C(=O)OC(C)(C)C)C4)c21. The van der Waals surface area contributed by atoms with Gasteiger partial charge in [-0.1, -0.05) is 20.8 Å². The Morgan fingerprint density at radius 3 is 2.38 bits per heavy atom. The van der Waals surface area contributed by atoms with E-state index in [0.717, 1.165) is 18.6 Å². The van der Waals surface area contributed by atoms with Gasteiger partial charge >= 0.3 is 6.09 Å². The Balaban J connectivity index is 1.67. The number of anilines is 1. The highest BCUT2D eigenvalue weighted by atomic mass is 32.2. The Kier molecular flexibility index (Phi) is 7.11. The Labute approximate surface area is 208 Å². The highest BCUT2D eigenvalue weighted by Gasteiger charge is 2.43. The number of ether oxygens (including phenoxy) is 2. The van der Waals surface area contributed by atoms with Gasteiger partial charge in [0, 0.05) is 48.3 Å². The van der Waals surface area contributed by atoms with Crippen molar-refractivity contribution in [3.63, 3.8) is 0 Å². The Morgan fingerprint density at radius 2 is 1.79 bits per heavy atom. The van der Waals surface area contributed by atoms with Gasteiger partial charge in [0.05, 0.1) is 30.6 Å². The fourth-order valence-electron chi connectivity index (χ4n) is 4.88. The van der Waals surface area contributed by atoms with Crippen LogP contribution in [0.25, 0.3) is 10.9 Å². The van der Waals surface area contributed by atoms with Gasteiger partial charge in [-0.25, -0.2) is 4.79 Å². The molecule has 4 rings (SSSR count). The molecule has 2 aromatic rings. The van der Waals surface area contributed by atoms with E-state index in [1.165, 1.54) is 21.5 Å².